The van der Waals surface area contributed by atoms with Gasteiger partial charge in [0.2, 0.25) is 0 Å². The first-order valence-corrected chi connectivity index (χ1v) is 5.35. The number of aryl methyl sites for hydroxylation is 1. The van der Waals surface area contributed by atoms with Gasteiger partial charge in [-0.3, -0.25) is 4.98 Å². The van der Waals surface area contributed by atoms with E-state index in [1.165, 1.54) is 13.1 Å². The molecule has 1 rings (SSSR count). The summed E-state index contributed by atoms with van der Waals surface area (Å²) in [6, 6.07) is 0. The Morgan fingerprint density at radius 1 is 1.39 bits per heavy atom. The summed E-state index contributed by atoms with van der Waals surface area (Å²) in [5, 5.41) is 9.01. The Bertz CT molecular complexity index is 504. The fraction of sp³-hybridized carbons (Fsp3) is 0.417. The molecule has 0 saturated carbocycles. The van der Waals surface area contributed by atoms with Crippen molar-refractivity contribution in [1.82, 2.24) is 4.98 Å². The topological polar surface area (TPSA) is 103 Å². The maximum atomic E-state index is 11.8. The average molecular weight is 252 g/mol. The standard InChI is InChI=1S/C12H16N2O4/c1-6-8(10(15)16)9(13)7(5-14-6)11(17)18-12(2,3)4/h5H,1-4H3,(H2,13,14)(H,15,16). The maximum Gasteiger partial charge on any atom is 0.342 e. The first-order chi connectivity index (χ1) is 8.13. The lowest BCUT2D eigenvalue weighted by atomic mass is 10.1. The minimum absolute atomic E-state index is 0.0343. The molecule has 6 heteroatoms. The van der Waals surface area contributed by atoms with Crippen LogP contribution in [0.15, 0.2) is 6.20 Å². The highest BCUT2D eigenvalue weighted by Crippen LogP contribution is 2.22. The molecule has 98 valence electrons. The van der Waals surface area contributed by atoms with Crippen molar-refractivity contribution in [3.05, 3.63) is 23.0 Å². The number of hydrogen-bond donors (Lipinski definition) is 2. The number of aromatic nitrogens is 1. The molecular formula is C12H16N2O4. The number of nitrogens with zero attached hydrogens (tertiary/aromatic N) is 1. The van der Waals surface area contributed by atoms with Gasteiger partial charge in [0.1, 0.15) is 16.7 Å². The number of hydrogen-bond acceptors (Lipinski definition) is 5. The van der Waals surface area contributed by atoms with Gasteiger partial charge in [-0.1, -0.05) is 0 Å². The SMILES string of the molecule is Cc1ncc(C(=O)OC(C)(C)C)c(N)c1C(=O)O. The predicted molar refractivity (Wildman–Crippen MR) is 65.5 cm³/mol. The summed E-state index contributed by atoms with van der Waals surface area (Å²) < 4.78 is 5.13. The lowest BCUT2D eigenvalue weighted by Gasteiger charge is -2.20. The van der Waals surface area contributed by atoms with Crippen molar-refractivity contribution >= 4 is 17.6 Å². The van der Waals surface area contributed by atoms with E-state index >= 15 is 0 Å². The van der Waals surface area contributed by atoms with Gasteiger partial charge in [0.25, 0.3) is 0 Å². The molecule has 0 radical (unpaired) electrons. The molecule has 0 aromatic carbocycles. The van der Waals surface area contributed by atoms with E-state index in [9.17, 15) is 9.59 Å². The van der Waals surface area contributed by atoms with Crippen molar-refractivity contribution in [2.75, 3.05) is 5.73 Å². The Hall–Kier alpha value is -2.11. The van der Waals surface area contributed by atoms with Crippen LogP contribution >= 0.6 is 0 Å². The van der Waals surface area contributed by atoms with Crippen molar-refractivity contribution < 1.29 is 19.4 Å². The first kappa shape index (κ1) is 14.0. The highest BCUT2D eigenvalue weighted by atomic mass is 16.6. The Balaban J connectivity index is 3.24. The molecule has 0 spiro atoms. The van der Waals surface area contributed by atoms with Crippen molar-refractivity contribution in [3.8, 4) is 0 Å². The molecule has 0 fully saturated rings. The van der Waals surface area contributed by atoms with Crippen LogP contribution in [0, 0.1) is 6.92 Å². The van der Waals surface area contributed by atoms with Gasteiger partial charge in [-0.05, 0) is 27.7 Å². The van der Waals surface area contributed by atoms with Gasteiger partial charge >= 0.3 is 11.9 Å². The minimum atomic E-state index is -1.22. The highest BCUT2D eigenvalue weighted by Gasteiger charge is 2.24. The van der Waals surface area contributed by atoms with Crippen molar-refractivity contribution in [3.63, 3.8) is 0 Å². The summed E-state index contributed by atoms with van der Waals surface area (Å²) in [5.74, 6) is -1.90. The zero-order valence-electron chi connectivity index (χ0n) is 10.8. The number of carbonyl (C=O) groups is 2. The second-order valence-electron chi connectivity index (χ2n) is 4.85. The quantitative estimate of drug-likeness (QED) is 0.775. The average Bonchev–Trinajstić information content (AvgIpc) is 2.13. The number of aromatic carboxylic acids is 1. The first-order valence-electron chi connectivity index (χ1n) is 5.35. The summed E-state index contributed by atoms with van der Waals surface area (Å²) in [6.07, 6.45) is 1.23. The number of esters is 1. The van der Waals surface area contributed by atoms with E-state index in [1.807, 2.05) is 0 Å². The number of rotatable bonds is 2. The zero-order valence-corrected chi connectivity index (χ0v) is 10.8. The third kappa shape index (κ3) is 2.97. The molecule has 0 bridgehead atoms. The molecule has 6 nitrogen and oxygen atoms in total. The van der Waals surface area contributed by atoms with E-state index in [-0.39, 0.29) is 22.5 Å². The highest BCUT2D eigenvalue weighted by molar-refractivity contribution is 6.03. The molecule has 0 amide bonds. The van der Waals surface area contributed by atoms with Crippen molar-refractivity contribution in [2.45, 2.75) is 33.3 Å². The monoisotopic (exact) mass is 252 g/mol. The van der Waals surface area contributed by atoms with Gasteiger partial charge in [-0.25, -0.2) is 9.59 Å². The van der Waals surface area contributed by atoms with E-state index in [0.29, 0.717) is 0 Å². The summed E-state index contributed by atoms with van der Waals surface area (Å²) in [4.78, 5) is 26.7. The van der Waals surface area contributed by atoms with Crippen LogP contribution in [0.25, 0.3) is 0 Å². The van der Waals surface area contributed by atoms with Gasteiger partial charge in [0.05, 0.1) is 11.4 Å². The molecule has 1 heterocycles. The summed E-state index contributed by atoms with van der Waals surface area (Å²) in [6.45, 7) is 6.64. The smallest absolute Gasteiger partial charge is 0.342 e. The molecule has 0 saturated heterocycles. The van der Waals surface area contributed by atoms with Crippen LogP contribution in [0.4, 0.5) is 5.69 Å². The van der Waals surface area contributed by atoms with Crippen LogP contribution in [-0.4, -0.2) is 27.6 Å². The van der Waals surface area contributed by atoms with Gasteiger partial charge in [0, 0.05) is 6.20 Å². The number of carboxylic acids is 1. The Morgan fingerprint density at radius 3 is 2.39 bits per heavy atom. The molecule has 0 aliphatic rings. The maximum absolute atomic E-state index is 11.8. The molecule has 0 atom stereocenters. The van der Waals surface area contributed by atoms with Crippen LogP contribution < -0.4 is 5.73 Å². The van der Waals surface area contributed by atoms with Crippen molar-refractivity contribution in [2.24, 2.45) is 0 Å². The van der Waals surface area contributed by atoms with Crippen LogP contribution in [0.1, 0.15) is 47.2 Å². The lowest BCUT2D eigenvalue weighted by molar-refractivity contribution is 0.00703. The molecule has 0 aliphatic carbocycles. The van der Waals surface area contributed by atoms with Gasteiger partial charge < -0.3 is 15.6 Å². The summed E-state index contributed by atoms with van der Waals surface area (Å²) in [7, 11) is 0. The Kier molecular flexibility index (Phi) is 3.59. The zero-order chi connectivity index (χ0) is 14.1. The van der Waals surface area contributed by atoms with Gasteiger partial charge in [0.15, 0.2) is 0 Å². The Morgan fingerprint density at radius 2 is 1.94 bits per heavy atom. The Labute approximate surface area is 105 Å². The van der Waals surface area contributed by atoms with Crippen LogP contribution in [0.5, 0.6) is 0 Å². The summed E-state index contributed by atoms with van der Waals surface area (Å²) >= 11 is 0. The number of carbonyl (C=O) groups excluding carboxylic acids is 1. The van der Waals surface area contributed by atoms with Crippen LogP contribution in [0.3, 0.4) is 0 Å². The number of pyridine rings is 1. The second kappa shape index (κ2) is 4.64. The van der Waals surface area contributed by atoms with E-state index in [1.54, 1.807) is 20.8 Å². The fourth-order valence-electron chi connectivity index (χ4n) is 1.39. The predicted octanol–water partition coefficient (Wildman–Crippen LogP) is 1.63. The van der Waals surface area contributed by atoms with E-state index < -0.39 is 17.5 Å². The minimum Gasteiger partial charge on any atom is -0.478 e. The van der Waals surface area contributed by atoms with Crippen LogP contribution in [-0.2, 0) is 4.74 Å². The number of ether oxygens (including phenoxy) is 1. The number of nitrogens with two attached hydrogens (primary N) is 1. The molecule has 0 aliphatic heterocycles. The third-order valence-corrected chi connectivity index (χ3v) is 2.14. The van der Waals surface area contributed by atoms with Crippen LogP contribution in [0.2, 0.25) is 0 Å². The number of anilines is 1. The molecule has 18 heavy (non-hydrogen) atoms. The third-order valence-electron chi connectivity index (χ3n) is 2.14. The molecule has 1 aromatic rings. The molecule has 0 unspecified atom stereocenters. The number of carboxylic acid groups (broad SMARTS) is 1. The van der Waals surface area contributed by atoms with E-state index in [0.717, 1.165) is 0 Å². The summed E-state index contributed by atoms with van der Waals surface area (Å²) in [5.41, 5.74) is 4.93. The fourth-order valence-corrected chi connectivity index (χ4v) is 1.39. The van der Waals surface area contributed by atoms with E-state index in [2.05, 4.69) is 4.98 Å². The molecule has 1 aromatic heterocycles. The molecule has 3 N–H and O–H groups in total. The molecular weight excluding hydrogens is 236 g/mol. The van der Waals surface area contributed by atoms with Crippen molar-refractivity contribution in [1.29, 1.82) is 0 Å². The number of nitrogen functional groups attached to an aromatic ring is 1. The van der Waals surface area contributed by atoms with E-state index in [4.69, 9.17) is 15.6 Å². The normalized spacial score (nSPS) is 11.1. The van der Waals surface area contributed by atoms with Gasteiger partial charge in [-0.2, -0.15) is 0 Å². The second-order valence-corrected chi connectivity index (χ2v) is 4.85. The lowest BCUT2D eigenvalue weighted by Crippen LogP contribution is -2.25. The largest absolute Gasteiger partial charge is 0.478 e. The van der Waals surface area contributed by atoms with Gasteiger partial charge in [-0.15, -0.1) is 0 Å².